The van der Waals surface area contributed by atoms with Gasteiger partial charge in [-0.2, -0.15) is 0 Å². The molecule has 0 atom stereocenters. The average molecular weight is 669 g/mol. The molecule has 3 heterocycles. The maximum atomic E-state index is 12.7. The molecule has 0 aliphatic heterocycles. The summed E-state index contributed by atoms with van der Waals surface area (Å²) in [5.41, 5.74) is 11.4. The van der Waals surface area contributed by atoms with Crippen molar-refractivity contribution in [3.8, 4) is 22.3 Å². The quantitative estimate of drug-likeness (QED) is 0.102. The predicted octanol–water partition coefficient (Wildman–Crippen LogP) is 5.96. The van der Waals surface area contributed by atoms with Crippen LogP contribution in [0.1, 0.15) is 58.1 Å². The third kappa shape index (κ3) is 9.25. The fourth-order valence-corrected chi connectivity index (χ4v) is 4.93. The monoisotopic (exact) mass is 668 g/mol. The molecule has 5 aromatic rings. The summed E-state index contributed by atoms with van der Waals surface area (Å²) < 4.78 is 14.8. The highest BCUT2D eigenvalue weighted by molar-refractivity contribution is 5.97. The van der Waals surface area contributed by atoms with E-state index in [-0.39, 0.29) is 23.7 Å². The van der Waals surface area contributed by atoms with E-state index in [9.17, 15) is 19.2 Å². The summed E-state index contributed by atoms with van der Waals surface area (Å²) in [6, 6.07) is 18.1. The Bertz CT molecular complexity index is 1980. The van der Waals surface area contributed by atoms with Gasteiger partial charge in [-0.1, -0.05) is 24.3 Å². The minimum absolute atomic E-state index is 0.0799. The van der Waals surface area contributed by atoms with Crippen molar-refractivity contribution in [2.45, 2.75) is 32.8 Å². The van der Waals surface area contributed by atoms with Gasteiger partial charge in [0, 0.05) is 62.2 Å². The second kappa shape index (κ2) is 14.8. The number of carboxylic acid groups (broad SMARTS) is 1. The molecule has 0 radical (unpaired) electrons. The smallest absolute Gasteiger partial charge is 0.412 e. The van der Waals surface area contributed by atoms with Gasteiger partial charge in [0.25, 0.3) is 0 Å². The first kappa shape index (κ1) is 35.7. The molecule has 0 aliphatic rings. The molecule has 5 rings (SSSR count). The lowest BCUT2D eigenvalue weighted by Gasteiger charge is -2.19. The largest absolute Gasteiger partial charge is 0.477 e. The van der Waals surface area contributed by atoms with Crippen LogP contribution in [0.25, 0.3) is 22.3 Å². The van der Waals surface area contributed by atoms with Gasteiger partial charge in [-0.3, -0.25) is 10.1 Å². The number of carboxylic acids is 1. The number of rotatable bonds is 8. The van der Waals surface area contributed by atoms with Gasteiger partial charge < -0.3 is 34.0 Å². The summed E-state index contributed by atoms with van der Waals surface area (Å²) in [6.07, 6.45) is 4.90. The molecule has 0 aliphatic carbocycles. The highest BCUT2D eigenvalue weighted by Crippen LogP contribution is 2.25. The molecule has 13 nitrogen and oxygen atoms in total. The van der Waals surface area contributed by atoms with Crippen LogP contribution in [0.5, 0.6) is 0 Å². The van der Waals surface area contributed by atoms with E-state index in [1.54, 1.807) is 79.2 Å². The molecule has 0 spiro atoms. The van der Waals surface area contributed by atoms with Crippen LogP contribution in [0.2, 0.25) is 0 Å². The molecule has 2 aromatic carbocycles. The molecule has 0 saturated carbocycles. The molecule has 1 amide bonds. The molecular formula is C36H40N6O7. The van der Waals surface area contributed by atoms with Crippen LogP contribution in [0.4, 0.5) is 16.2 Å². The van der Waals surface area contributed by atoms with E-state index in [1.807, 2.05) is 55.7 Å². The Morgan fingerprint density at radius 2 is 1.33 bits per heavy atom. The first-order valence-corrected chi connectivity index (χ1v) is 15.2. The summed E-state index contributed by atoms with van der Waals surface area (Å²) >= 11 is 0. The molecule has 0 saturated heterocycles. The number of carbonyl (C=O) groups is 4. The molecule has 0 bridgehead atoms. The number of hydrogen-bond donors (Lipinski definition) is 3. The number of amides is 1. The normalized spacial score (nSPS) is 10.9. The zero-order valence-corrected chi connectivity index (χ0v) is 28.5. The number of benzene rings is 2. The van der Waals surface area contributed by atoms with Gasteiger partial charge in [-0.15, -0.1) is 0 Å². The van der Waals surface area contributed by atoms with Gasteiger partial charge in [0.1, 0.15) is 11.3 Å². The number of aryl methyl sites for hydroxylation is 3. The average Bonchev–Trinajstić information content (AvgIpc) is 3.72. The molecule has 4 N–H and O–H groups in total. The van der Waals surface area contributed by atoms with Crippen LogP contribution in [0.3, 0.4) is 0 Å². The van der Waals surface area contributed by atoms with Gasteiger partial charge in [-0.25, -0.2) is 19.4 Å². The van der Waals surface area contributed by atoms with E-state index in [4.69, 9.17) is 15.6 Å². The summed E-state index contributed by atoms with van der Waals surface area (Å²) in [4.78, 5) is 51.3. The Hall–Kier alpha value is -6.11. The Balaban J connectivity index is 0.000000223. The molecular weight excluding hydrogens is 628 g/mol. The predicted molar refractivity (Wildman–Crippen MR) is 186 cm³/mol. The van der Waals surface area contributed by atoms with Crippen LogP contribution in [0, 0.1) is 0 Å². The van der Waals surface area contributed by atoms with Crippen LogP contribution in [-0.4, -0.2) is 60.3 Å². The highest BCUT2D eigenvalue weighted by Gasteiger charge is 2.19. The lowest BCUT2D eigenvalue weighted by atomic mass is 10.1. The lowest BCUT2D eigenvalue weighted by Crippen LogP contribution is -2.27. The van der Waals surface area contributed by atoms with Crippen LogP contribution in [0.15, 0.2) is 79.3 Å². The Morgan fingerprint density at radius 3 is 1.84 bits per heavy atom. The number of ketones is 1. The van der Waals surface area contributed by atoms with Crippen molar-refractivity contribution < 1.29 is 33.8 Å². The lowest BCUT2D eigenvalue weighted by molar-refractivity contribution is 0.0580. The molecule has 13 heteroatoms. The third-order valence-corrected chi connectivity index (χ3v) is 7.26. The van der Waals surface area contributed by atoms with Crippen LogP contribution < -0.4 is 11.1 Å². The number of aromatic nitrogens is 4. The number of methoxy groups -OCH3 is 1. The number of anilines is 2. The number of nitrogen functional groups attached to an aromatic ring is 1. The Morgan fingerprint density at radius 1 is 0.796 bits per heavy atom. The van der Waals surface area contributed by atoms with Gasteiger partial charge in [0.2, 0.25) is 5.82 Å². The number of aromatic carboxylic acids is 1. The number of imidazole rings is 1. The first-order chi connectivity index (χ1) is 23.0. The van der Waals surface area contributed by atoms with Crippen molar-refractivity contribution >= 4 is 35.2 Å². The minimum atomic E-state index is -0.970. The van der Waals surface area contributed by atoms with Gasteiger partial charge in [-0.05, 0) is 68.3 Å². The fourth-order valence-electron chi connectivity index (χ4n) is 4.93. The first-order valence-electron chi connectivity index (χ1n) is 15.2. The number of carbonyl (C=O) groups excluding carboxylic acids is 3. The summed E-state index contributed by atoms with van der Waals surface area (Å²) in [6.45, 7) is 5.39. The SMILES string of the molecule is COC(=O)c1nc(CC(=O)c2cc(-c3ccc(N)cc3)cn2C)cn1C.Cn1cc(-c2ccc(NC(=O)OC(C)(C)C)cc2)cc1C(=O)O. The van der Waals surface area contributed by atoms with Gasteiger partial charge >= 0.3 is 18.0 Å². The van der Waals surface area contributed by atoms with E-state index < -0.39 is 23.6 Å². The third-order valence-electron chi connectivity index (χ3n) is 7.26. The Labute approximate surface area is 283 Å². The van der Waals surface area contributed by atoms with Crippen molar-refractivity contribution in [1.82, 2.24) is 18.7 Å². The second-order valence-corrected chi connectivity index (χ2v) is 12.3. The summed E-state index contributed by atoms with van der Waals surface area (Å²) in [7, 11) is 6.50. The number of Topliss-reactive ketones (excluding diaryl/α,β-unsaturated/α-hetero) is 1. The van der Waals surface area contributed by atoms with E-state index in [2.05, 4.69) is 15.0 Å². The van der Waals surface area contributed by atoms with E-state index in [0.717, 1.165) is 22.3 Å². The summed E-state index contributed by atoms with van der Waals surface area (Å²) in [5, 5.41) is 11.7. The number of nitrogens with one attached hydrogen (secondary N) is 1. The fraction of sp³-hybridized carbons (Fsp3) is 0.250. The van der Waals surface area contributed by atoms with Gasteiger partial charge in [0.05, 0.1) is 24.9 Å². The maximum absolute atomic E-state index is 12.7. The number of hydrogen-bond acceptors (Lipinski definition) is 8. The Kier molecular flexibility index (Phi) is 10.8. The van der Waals surface area contributed by atoms with E-state index in [1.165, 1.54) is 7.11 Å². The van der Waals surface area contributed by atoms with Crippen molar-refractivity contribution in [2.24, 2.45) is 21.1 Å². The minimum Gasteiger partial charge on any atom is -0.477 e. The number of ether oxygens (including phenoxy) is 2. The van der Waals surface area contributed by atoms with Crippen molar-refractivity contribution in [3.05, 3.63) is 102 Å². The van der Waals surface area contributed by atoms with E-state index in [0.29, 0.717) is 22.8 Å². The highest BCUT2D eigenvalue weighted by atomic mass is 16.6. The van der Waals surface area contributed by atoms with Crippen molar-refractivity contribution in [1.29, 1.82) is 0 Å². The zero-order chi connectivity index (χ0) is 36.0. The van der Waals surface area contributed by atoms with Crippen LogP contribution in [-0.2, 0) is 37.0 Å². The standard InChI is InChI=1S/C19H20N4O3.C17H20N2O4/c1-22-10-13(12-4-6-14(20)7-5-12)8-16(22)17(24)9-15-11-23(2)18(21-15)19(25)26-3;1-17(2,3)23-16(22)18-13-7-5-11(6-8-13)12-9-14(15(20)21)19(4)10-12/h4-8,10-11H,9,20H2,1-3H3;5-10H,1-4H3,(H,18,22)(H,20,21). The van der Waals surface area contributed by atoms with E-state index >= 15 is 0 Å². The maximum Gasteiger partial charge on any atom is 0.412 e. The van der Waals surface area contributed by atoms with Crippen molar-refractivity contribution in [3.63, 3.8) is 0 Å². The van der Waals surface area contributed by atoms with Crippen molar-refractivity contribution in [2.75, 3.05) is 18.2 Å². The zero-order valence-electron chi connectivity index (χ0n) is 28.5. The number of nitrogens with two attached hydrogens (primary N) is 1. The molecule has 3 aromatic heterocycles. The molecule has 0 fully saturated rings. The second-order valence-electron chi connectivity index (χ2n) is 12.3. The molecule has 0 unspecified atom stereocenters. The number of esters is 1. The number of nitrogens with zero attached hydrogens (tertiary/aromatic N) is 4. The summed E-state index contributed by atoms with van der Waals surface area (Å²) in [5.74, 6) is -1.41. The van der Waals surface area contributed by atoms with Crippen LogP contribution >= 0.6 is 0 Å². The topological polar surface area (TPSA) is 173 Å². The van der Waals surface area contributed by atoms with Gasteiger partial charge in [0.15, 0.2) is 5.78 Å². The molecule has 256 valence electrons. The molecule has 49 heavy (non-hydrogen) atoms.